The molecule has 0 spiro atoms. The van der Waals surface area contributed by atoms with Crippen LogP contribution in [0.1, 0.15) is 35.0 Å². The summed E-state index contributed by atoms with van der Waals surface area (Å²) in [5.74, 6) is -0.472. The van der Waals surface area contributed by atoms with Gasteiger partial charge in [-0.1, -0.05) is 13.0 Å². The maximum absolute atomic E-state index is 12.5. The summed E-state index contributed by atoms with van der Waals surface area (Å²) in [5, 5.41) is 49.2. The summed E-state index contributed by atoms with van der Waals surface area (Å²) in [5.41, 5.74) is 2.02. The van der Waals surface area contributed by atoms with Crippen molar-refractivity contribution in [1.29, 1.82) is 0 Å². The molecule has 168 valence electrons. The number of pyridine rings is 1. The Morgan fingerprint density at radius 1 is 1.13 bits per heavy atom. The highest BCUT2D eigenvalue weighted by Crippen LogP contribution is 2.29. The number of aliphatic hydroxyl groups excluding tert-OH is 4. The Balaban J connectivity index is 1.63. The van der Waals surface area contributed by atoms with E-state index in [1.54, 1.807) is 6.20 Å². The first-order chi connectivity index (χ1) is 14.8. The quantitative estimate of drug-likeness (QED) is 0.372. The number of phenols is 1. The molecule has 1 unspecified atom stereocenters. The maximum Gasteiger partial charge on any atom is 0.229 e. The van der Waals surface area contributed by atoms with Crippen LogP contribution in [0.25, 0.3) is 0 Å². The molecule has 31 heavy (non-hydrogen) atoms. The monoisotopic (exact) mass is 433 g/mol. The topological polar surface area (TPSA) is 150 Å². The Morgan fingerprint density at radius 3 is 2.52 bits per heavy atom. The largest absolute Gasteiger partial charge is 0.507 e. The number of nitrogens with zero attached hydrogens (tertiary/aromatic N) is 1. The number of rotatable bonds is 8. The second-order valence-electron chi connectivity index (χ2n) is 7.43. The third-order valence-electron chi connectivity index (χ3n) is 5.26. The van der Waals surface area contributed by atoms with Gasteiger partial charge in [-0.15, -0.1) is 0 Å². The van der Waals surface area contributed by atoms with Crippen LogP contribution in [-0.4, -0.2) is 73.6 Å². The van der Waals surface area contributed by atoms with E-state index in [0.717, 1.165) is 17.7 Å². The fraction of sp³-hybridized carbons (Fsp3) is 0.455. The van der Waals surface area contributed by atoms with Crippen LogP contribution < -0.4 is 4.74 Å². The summed E-state index contributed by atoms with van der Waals surface area (Å²) < 4.78 is 10.7. The molecule has 0 radical (unpaired) electrons. The van der Waals surface area contributed by atoms with E-state index in [4.69, 9.17) is 9.47 Å². The zero-order valence-electron chi connectivity index (χ0n) is 17.1. The van der Waals surface area contributed by atoms with Gasteiger partial charge < -0.3 is 35.0 Å². The molecule has 0 amide bonds. The number of Topliss-reactive ketones (excluding diaryl/α,β-unsaturated/α-hetero) is 1. The van der Waals surface area contributed by atoms with Gasteiger partial charge in [0.25, 0.3) is 0 Å². The number of carbonyl (C=O) groups excluding carboxylic acids is 1. The number of ether oxygens (including phenoxy) is 2. The van der Waals surface area contributed by atoms with Crippen LogP contribution in [0.15, 0.2) is 36.5 Å². The zero-order chi connectivity index (χ0) is 22.5. The van der Waals surface area contributed by atoms with Crippen LogP contribution in [0.4, 0.5) is 0 Å². The van der Waals surface area contributed by atoms with E-state index >= 15 is 0 Å². The van der Waals surface area contributed by atoms with Crippen LogP contribution in [0.5, 0.6) is 11.5 Å². The minimum Gasteiger partial charge on any atom is -0.507 e. The van der Waals surface area contributed by atoms with E-state index in [-0.39, 0.29) is 29.3 Å². The molecule has 1 fully saturated rings. The molecule has 1 aliphatic heterocycles. The van der Waals surface area contributed by atoms with E-state index in [2.05, 4.69) is 4.98 Å². The molecule has 1 aromatic heterocycles. The van der Waals surface area contributed by atoms with Crippen molar-refractivity contribution < 1.29 is 39.8 Å². The van der Waals surface area contributed by atoms with E-state index < -0.39 is 37.3 Å². The first kappa shape index (κ1) is 23.1. The molecular weight excluding hydrogens is 406 g/mol. The summed E-state index contributed by atoms with van der Waals surface area (Å²) >= 11 is 0. The van der Waals surface area contributed by atoms with E-state index in [0.29, 0.717) is 6.42 Å². The van der Waals surface area contributed by atoms with Gasteiger partial charge >= 0.3 is 0 Å². The second kappa shape index (κ2) is 10.2. The number of hydrogen-bond donors (Lipinski definition) is 5. The smallest absolute Gasteiger partial charge is 0.229 e. The zero-order valence-corrected chi connectivity index (χ0v) is 17.1. The Kier molecular flexibility index (Phi) is 7.58. The number of hydrogen-bond acceptors (Lipinski definition) is 9. The summed E-state index contributed by atoms with van der Waals surface area (Å²) in [6.45, 7) is 1.43. The van der Waals surface area contributed by atoms with Crippen molar-refractivity contribution in [3.05, 3.63) is 53.3 Å². The number of carbonyl (C=O) groups is 1. The van der Waals surface area contributed by atoms with Gasteiger partial charge in [-0.05, 0) is 36.6 Å². The van der Waals surface area contributed by atoms with Crippen molar-refractivity contribution >= 4 is 5.78 Å². The minimum atomic E-state index is -1.58. The number of aryl methyl sites for hydroxylation is 2. The summed E-state index contributed by atoms with van der Waals surface area (Å²) in [7, 11) is 0. The van der Waals surface area contributed by atoms with Crippen LogP contribution in [0.3, 0.4) is 0 Å². The van der Waals surface area contributed by atoms with Crippen molar-refractivity contribution in [1.82, 2.24) is 4.98 Å². The predicted octanol–water partition coefficient (Wildman–Crippen LogP) is 0.344. The third kappa shape index (κ3) is 5.38. The highest BCUT2D eigenvalue weighted by Gasteiger charge is 2.44. The number of benzene rings is 1. The molecule has 2 aromatic rings. The molecule has 5 atom stereocenters. The average Bonchev–Trinajstić information content (AvgIpc) is 2.78. The molecule has 0 aliphatic carbocycles. The molecule has 0 saturated carbocycles. The lowest BCUT2D eigenvalue weighted by Crippen LogP contribution is -2.60. The van der Waals surface area contributed by atoms with Crippen molar-refractivity contribution in [2.45, 2.75) is 56.9 Å². The predicted molar refractivity (Wildman–Crippen MR) is 109 cm³/mol. The van der Waals surface area contributed by atoms with Crippen molar-refractivity contribution in [3.8, 4) is 11.5 Å². The number of aliphatic hydroxyl groups is 4. The Bertz CT molecular complexity index is 886. The Labute approximate surface area is 179 Å². The SMILES string of the molecule is CCc1ccc(CCC(=O)c2ccc(OC3O[C@H](CO)[C@@H](O)[C@H](O)[C@H]3O)cc2O)cn1. The molecule has 2 heterocycles. The van der Waals surface area contributed by atoms with Crippen molar-refractivity contribution in [3.63, 3.8) is 0 Å². The molecule has 0 bridgehead atoms. The van der Waals surface area contributed by atoms with Gasteiger partial charge in [0.05, 0.1) is 12.2 Å². The van der Waals surface area contributed by atoms with Gasteiger partial charge in [0.1, 0.15) is 35.9 Å². The van der Waals surface area contributed by atoms with Gasteiger partial charge in [-0.25, -0.2) is 0 Å². The van der Waals surface area contributed by atoms with Crippen molar-refractivity contribution in [2.75, 3.05) is 6.61 Å². The van der Waals surface area contributed by atoms with Gasteiger partial charge in [-0.3, -0.25) is 9.78 Å². The summed E-state index contributed by atoms with van der Waals surface area (Å²) in [4.78, 5) is 16.8. The number of aromatic nitrogens is 1. The molecule has 9 heteroatoms. The van der Waals surface area contributed by atoms with E-state index in [1.807, 2.05) is 19.1 Å². The van der Waals surface area contributed by atoms with Crippen LogP contribution in [0, 0.1) is 0 Å². The third-order valence-corrected chi connectivity index (χ3v) is 5.26. The fourth-order valence-electron chi connectivity index (χ4n) is 3.32. The highest BCUT2D eigenvalue weighted by molar-refractivity contribution is 5.98. The molecule has 3 rings (SSSR count). The standard InChI is InChI=1S/C22H27NO8/c1-2-13-5-3-12(10-23-13)4-8-16(25)15-7-6-14(9-17(15)26)30-22-21(29)20(28)19(27)18(11-24)31-22/h3,5-7,9-10,18-22,24,26-29H,2,4,8,11H2,1H3/t18-,19-,20+,21-,22?/m1/s1. The summed E-state index contributed by atoms with van der Waals surface area (Å²) in [6, 6.07) is 7.87. The van der Waals surface area contributed by atoms with E-state index in [9.17, 15) is 30.3 Å². The van der Waals surface area contributed by atoms with Crippen LogP contribution >= 0.6 is 0 Å². The number of aromatic hydroxyl groups is 1. The second-order valence-corrected chi connectivity index (χ2v) is 7.43. The van der Waals surface area contributed by atoms with Crippen LogP contribution in [-0.2, 0) is 17.6 Å². The van der Waals surface area contributed by atoms with Gasteiger partial charge in [0, 0.05) is 24.4 Å². The molecule has 9 nitrogen and oxygen atoms in total. The van der Waals surface area contributed by atoms with E-state index in [1.165, 1.54) is 18.2 Å². The highest BCUT2D eigenvalue weighted by atomic mass is 16.7. The lowest BCUT2D eigenvalue weighted by molar-refractivity contribution is -0.277. The molecule has 1 saturated heterocycles. The average molecular weight is 433 g/mol. The Morgan fingerprint density at radius 2 is 1.90 bits per heavy atom. The van der Waals surface area contributed by atoms with Gasteiger partial charge in [0.2, 0.25) is 6.29 Å². The lowest BCUT2D eigenvalue weighted by Gasteiger charge is -2.39. The molecule has 5 N–H and O–H groups in total. The summed E-state index contributed by atoms with van der Waals surface area (Å²) in [6.07, 6.45) is -3.89. The minimum absolute atomic E-state index is 0.0812. The number of ketones is 1. The molecule has 1 aliphatic rings. The first-order valence-electron chi connectivity index (χ1n) is 10.1. The maximum atomic E-state index is 12.5. The van der Waals surface area contributed by atoms with Crippen molar-refractivity contribution in [2.24, 2.45) is 0 Å². The normalized spacial score (nSPS) is 25.9. The number of phenolic OH excluding ortho intramolecular Hbond substituents is 1. The van der Waals surface area contributed by atoms with Crippen LogP contribution in [0.2, 0.25) is 0 Å². The molecular formula is C22H27NO8. The Hall–Kier alpha value is -2.56. The fourth-order valence-corrected chi connectivity index (χ4v) is 3.32. The first-order valence-corrected chi connectivity index (χ1v) is 10.1. The van der Waals surface area contributed by atoms with Gasteiger partial charge in [-0.2, -0.15) is 0 Å². The van der Waals surface area contributed by atoms with Gasteiger partial charge in [0.15, 0.2) is 5.78 Å². The lowest BCUT2D eigenvalue weighted by atomic mass is 9.99. The molecule has 1 aromatic carbocycles.